The molecule has 0 spiro atoms. The third-order valence-corrected chi connectivity index (χ3v) is 3.33. The van der Waals surface area contributed by atoms with E-state index in [9.17, 15) is 14.7 Å². The van der Waals surface area contributed by atoms with Gasteiger partial charge in [-0.25, -0.2) is 9.78 Å². The average molecular weight is 353 g/mol. The number of anilines is 1. The maximum absolute atomic E-state index is 12.1. The number of carbonyl (C=O) groups is 2. The number of benzene rings is 1. The number of imidazole rings is 1. The number of aromatic nitrogens is 2. The highest BCUT2D eigenvalue weighted by Gasteiger charge is 2.22. The molecule has 0 bridgehead atoms. The van der Waals surface area contributed by atoms with Gasteiger partial charge in [0.25, 0.3) is 5.91 Å². The van der Waals surface area contributed by atoms with E-state index in [1.807, 2.05) is 0 Å². The maximum atomic E-state index is 12.1. The molecule has 0 radical (unpaired) electrons. The Balaban J connectivity index is 2.12. The third kappa shape index (κ3) is 3.82. The van der Waals surface area contributed by atoms with Gasteiger partial charge in [-0.1, -0.05) is 15.9 Å². The summed E-state index contributed by atoms with van der Waals surface area (Å²) in [6, 6.07) is 3.71. The van der Waals surface area contributed by atoms with E-state index in [0.29, 0.717) is 5.69 Å². The zero-order valence-electron chi connectivity index (χ0n) is 10.8. The molecular formula is C13H13BrN4O3. The first-order valence-electron chi connectivity index (χ1n) is 6.03. The molecule has 2 aromatic rings. The van der Waals surface area contributed by atoms with Crippen LogP contribution in [0.15, 0.2) is 35.2 Å². The maximum Gasteiger partial charge on any atom is 0.326 e. The molecule has 1 aromatic heterocycles. The molecule has 0 unspecified atom stereocenters. The minimum atomic E-state index is -1.13. The van der Waals surface area contributed by atoms with E-state index in [2.05, 4.69) is 31.2 Å². The summed E-state index contributed by atoms with van der Waals surface area (Å²) in [4.78, 5) is 30.0. The van der Waals surface area contributed by atoms with Gasteiger partial charge in [-0.05, 0) is 18.2 Å². The third-order valence-electron chi connectivity index (χ3n) is 2.84. The summed E-state index contributed by atoms with van der Waals surface area (Å²) >= 11 is 3.24. The van der Waals surface area contributed by atoms with Crippen LogP contribution in [0.1, 0.15) is 16.1 Å². The van der Waals surface area contributed by atoms with Gasteiger partial charge < -0.3 is 21.1 Å². The first-order chi connectivity index (χ1) is 9.97. The summed E-state index contributed by atoms with van der Waals surface area (Å²) in [5, 5.41) is 11.6. The van der Waals surface area contributed by atoms with Crippen molar-refractivity contribution in [2.45, 2.75) is 12.5 Å². The molecule has 0 aliphatic rings. The standard InChI is InChI=1S/C13H13BrN4O3/c14-7-1-2-9(10(15)3-7)12(19)18-11(13(20)21)4-8-5-16-6-17-8/h1-3,5-6,11H,4,15H2,(H,16,17)(H,18,19)(H,20,21)/t11-/m1/s1. The number of nitrogen functional groups attached to an aromatic ring is 1. The molecule has 8 heteroatoms. The summed E-state index contributed by atoms with van der Waals surface area (Å²) < 4.78 is 0.740. The number of nitrogens with two attached hydrogens (primary N) is 1. The molecule has 2 rings (SSSR count). The van der Waals surface area contributed by atoms with Gasteiger partial charge in [0.2, 0.25) is 0 Å². The second kappa shape index (κ2) is 6.40. The van der Waals surface area contributed by atoms with Gasteiger partial charge in [-0.3, -0.25) is 4.79 Å². The van der Waals surface area contributed by atoms with Crippen molar-refractivity contribution >= 4 is 33.5 Å². The van der Waals surface area contributed by atoms with Crippen LogP contribution < -0.4 is 11.1 Å². The number of aromatic amines is 1. The van der Waals surface area contributed by atoms with Gasteiger partial charge >= 0.3 is 5.97 Å². The Bertz CT molecular complexity index is 657. The number of carbonyl (C=O) groups excluding carboxylic acids is 1. The van der Waals surface area contributed by atoms with E-state index in [0.717, 1.165) is 4.47 Å². The van der Waals surface area contributed by atoms with E-state index in [1.54, 1.807) is 12.1 Å². The number of nitrogens with one attached hydrogen (secondary N) is 2. The van der Waals surface area contributed by atoms with Crippen LogP contribution in [0.25, 0.3) is 0 Å². The lowest BCUT2D eigenvalue weighted by molar-refractivity contribution is -0.139. The van der Waals surface area contributed by atoms with Gasteiger partial charge in [0, 0.05) is 28.5 Å². The smallest absolute Gasteiger partial charge is 0.326 e. The van der Waals surface area contributed by atoms with Crippen LogP contribution in [-0.4, -0.2) is 33.0 Å². The molecule has 1 heterocycles. The minimum absolute atomic E-state index is 0.109. The molecule has 0 saturated heterocycles. The lowest BCUT2D eigenvalue weighted by atomic mass is 10.1. The Morgan fingerprint density at radius 2 is 2.24 bits per heavy atom. The highest BCUT2D eigenvalue weighted by Crippen LogP contribution is 2.18. The predicted molar refractivity (Wildman–Crippen MR) is 79.7 cm³/mol. The molecule has 21 heavy (non-hydrogen) atoms. The molecule has 0 aliphatic heterocycles. The fourth-order valence-electron chi connectivity index (χ4n) is 1.79. The lowest BCUT2D eigenvalue weighted by Gasteiger charge is -2.14. The summed E-state index contributed by atoms with van der Waals surface area (Å²) in [5.41, 5.74) is 6.87. The van der Waals surface area contributed by atoms with Gasteiger partial charge in [0.1, 0.15) is 6.04 Å². The molecule has 110 valence electrons. The lowest BCUT2D eigenvalue weighted by Crippen LogP contribution is -2.42. The number of amides is 1. The number of aliphatic carboxylic acids is 1. The highest BCUT2D eigenvalue weighted by molar-refractivity contribution is 9.10. The molecule has 1 amide bonds. The molecule has 1 atom stereocenters. The number of rotatable bonds is 5. The zero-order valence-corrected chi connectivity index (χ0v) is 12.4. The number of H-pyrrole nitrogens is 1. The zero-order chi connectivity index (χ0) is 15.4. The number of halogens is 1. The fourth-order valence-corrected chi connectivity index (χ4v) is 2.17. The number of nitrogens with zero attached hydrogens (tertiary/aromatic N) is 1. The van der Waals surface area contributed by atoms with Crippen LogP contribution >= 0.6 is 15.9 Å². The Hall–Kier alpha value is -2.35. The van der Waals surface area contributed by atoms with Gasteiger partial charge in [-0.15, -0.1) is 0 Å². The van der Waals surface area contributed by atoms with Crippen LogP contribution in [0.4, 0.5) is 5.69 Å². The van der Waals surface area contributed by atoms with Crippen LogP contribution in [-0.2, 0) is 11.2 Å². The molecule has 5 N–H and O–H groups in total. The van der Waals surface area contributed by atoms with Crippen LogP contribution in [0.2, 0.25) is 0 Å². The van der Waals surface area contributed by atoms with E-state index in [4.69, 9.17) is 5.73 Å². The summed E-state index contributed by atoms with van der Waals surface area (Å²) in [7, 11) is 0. The summed E-state index contributed by atoms with van der Waals surface area (Å²) in [5.74, 6) is -1.67. The Morgan fingerprint density at radius 3 is 2.81 bits per heavy atom. The van der Waals surface area contributed by atoms with Gasteiger partial charge in [-0.2, -0.15) is 0 Å². The average Bonchev–Trinajstić information content (AvgIpc) is 2.90. The number of carboxylic acid groups (broad SMARTS) is 1. The van der Waals surface area contributed by atoms with E-state index < -0.39 is 17.9 Å². The first-order valence-corrected chi connectivity index (χ1v) is 6.82. The van der Waals surface area contributed by atoms with Crippen molar-refractivity contribution in [2.24, 2.45) is 0 Å². The van der Waals surface area contributed by atoms with Crippen molar-refractivity contribution in [2.75, 3.05) is 5.73 Å². The van der Waals surface area contributed by atoms with Crippen molar-refractivity contribution in [1.29, 1.82) is 0 Å². The van der Waals surface area contributed by atoms with Crippen LogP contribution in [0, 0.1) is 0 Å². The predicted octanol–water partition coefficient (Wildman–Crippen LogP) is 1.18. The molecule has 0 saturated carbocycles. The summed E-state index contributed by atoms with van der Waals surface area (Å²) in [6.07, 6.45) is 3.07. The van der Waals surface area contributed by atoms with Gasteiger partial charge in [0.05, 0.1) is 11.9 Å². The number of hydrogen-bond acceptors (Lipinski definition) is 4. The highest BCUT2D eigenvalue weighted by atomic mass is 79.9. The second-order valence-electron chi connectivity index (χ2n) is 4.38. The topological polar surface area (TPSA) is 121 Å². The van der Waals surface area contributed by atoms with Gasteiger partial charge in [0.15, 0.2) is 0 Å². The van der Waals surface area contributed by atoms with E-state index >= 15 is 0 Å². The van der Waals surface area contributed by atoms with Crippen molar-refractivity contribution in [1.82, 2.24) is 15.3 Å². The van der Waals surface area contributed by atoms with Crippen molar-refractivity contribution < 1.29 is 14.7 Å². The number of carboxylic acids is 1. The molecule has 1 aromatic carbocycles. The Kier molecular flexibility index (Phi) is 4.59. The van der Waals surface area contributed by atoms with Crippen LogP contribution in [0.5, 0.6) is 0 Å². The quantitative estimate of drug-likeness (QED) is 0.602. The van der Waals surface area contributed by atoms with Crippen molar-refractivity contribution in [3.05, 3.63) is 46.5 Å². The Labute approximate surface area is 128 Å². The van der Waals surface area contributed by atoms with E-state index in [-0.39, 0.29) is 17.7 Å². The molecule has 0 aliphatic carbocycles. The summed E-state index contributed by atoms with van der Waals surface area (Å²) in [6.45, 7) is 0. The monoisotopic (exact) mass is 352 g/mol. The van der Waals surface area contributed by atoms with E-state index in [1.165, 1.54) is 18.6 Å². The molecule has 0 fully saturated rings. The second-order valence-corrected chi connectivity index (χ2v) is 5.29. The molecule has 7 nitrogen and oxygen atoms in total. The molecular weight excluding hydrogens is 340 g/mol. The van der Waals surface area contributed by atoms with Crippen molar-refractivity contribution in [3.63, 3.8) is 0 Å². The largest absolute Gasteiger partial charge is 0.480 e. The van der Waals surface area contributed by atoms with Crippen LogP contribution in [0.3, 0.4) is 0 Å². The normalized spacial score (nSPS) is 11.9. The van der Waals surface area contributed by atoms with Crippen molar-refractivity contribution in [3.8, 4) is 0 Å². The SMILES string of the molecule is Nc1cc(Br)ccc1C(=O)N[C@H](Cc1cnc[nH]1)C(=O)O. The Morgan fingerprint density at radius 1 is 1.48 bits per heavy atom. The number of hydrogen-bond donors (Lipinski definition) is 4. The fraction of sp³-hybridized carbons (Fsp3) is 0.154. The first kappa shape index (κ1) is 15.0. The minimum Gasteiger partial charge on any atom is -0.480 e.